The maximum atomic E-state index is 13.3. The van der Waals surface area contributed by atoms with Crippen molar-refractivity contribution in [2.24, 2.45) is 0 Å². The fourth-order valence-electron chi connectivity index (χ4n) is 3.33. The molecule has 0 aliphatic heterocycles. The van der Waals surface area contributed by atoms with Gasteiger partial charge in [-0.25, -0.2) is 35.1 Å². The Kier molecular flexibility index (Phi) is 5.60. The van der Waals surface area contributed by atoms with Crippen LogP contribution in [0.2, 0.25) is 0 Å². The van der Waals surface area contributed by atoms with Crippen molar-refractivity contribution in [1.82, 2.24) is 18.2 Å². The first-order valence-electron chi connectivity index (χ1n) is 9.63. The second-order valence-corrected chi connectivity index (χ2v) is 11.2. The van der Waals surface area contributed by atoms with Gasteiger partial charge in [0.2, 0.25) is 21.9 Å². The molecule has 2 aromatic heterocycles. The van der Waals surface area contributed by atoms with E-state index in [0.717, 1.165) is 8.28 Å². The fraction of sp³-hybridized carbons (Fsp3) is 0.143. The Morgan fingerprint density at radius 2 is 1.67 bits per heavy atom. The van der Waals surface area contributed by atoms with E-state index in [1.165, 1.54) is 45.6 Å². The van der Waals surface area contributed by atoms with Gasteiger partial charge < -0.3 is 10.5 Å². The van der Waals surface area contributed by atoms with E-state index >= 15 is 0 Å². The number of aromatic nitrogens is 3. The minimum atomic E-state index is -4.01. The number of sulfonamides is 1. The predicted molar refractivity (Wildman–Crippen MR) is 124 cm³/mol. The summed E-state index contributed by atoms with van der Waals surface area (Å²) in [4.78, 5) is 8.25. The number of imidazole rings is 1. The molecule has 2 heterocycles. The molecule has 0 saturated carbocycles. The Bertz CT molecular complexity index is 1560. The SMILES string of the molecule is COc1ncc(-c2ccc3nc(N)n(S(=O)(=O)c4ccccc4)c3c2)cc1S(=O)(=O)N(C)C. The van der Waals surface area contributed by atoms with Gasteiger partial charge in [0, 0.05) is 25.9 Å². The summed E-state index contributed by atoms with van der Waals surface area (Å²) in [5, 5.41) is 0. The molecule has 0 radical (unpaired) electrons. The Hall–Kier alpha value is -3.48. The van der Waals surface area contributed by atoms with Gasteiger partial charge in [-0.15, -0.1) is 0 Å². The van der Waals surface area contributed by atoms with Gasteiger partial charge in [0.15, 0.2) is 0 Å². The summed E-state index contributed by atoms with van der Waals surface area (Å²) < 4.78 is 59.2. The van der Waals surface area contributed by atoms with Crippen molar-refractivity contribution in [3.05, 3.63) is 60.8 Å². The highest BCUT2D eigenvalue weighted by atomic mass is 32.2. The fourth-order valence-corrected chi connectivity index (χ4v) is 5.76. The molecule has 172 valence electrons. The lowest BCUT2D eigenvalue weighted by molar-refractivity contribution is 0.383. The van der Waals surface area contributed by atoms with Crippen molar-refractivity contribution in [1.29, 1.82) is 0 Å². The second-order valence-electron chi connectivity index (χ2n) is 7.27. The summed E-state index contributed by atoms with van der Waals surface area (Å²) in [6.07, 6.45) is 1.45. The number of nitrogens with zero attached hydrogens (tertiary/aromatic N) is 4. The number of nitrogens with two attached hydrogens (primary N) is 1. The number of hydrogen-bond donors (Lipinski definition) is 1. The third kappa shape index (κ3) is 3.81. The van der Waals surface area contributed by atoms with E-state index in [-0.39, 0.29) is 27.1 Å². The van der Waals surface area contributed by atoms with Crippen LogP contribution in [0.4, 0.5) is 5.95 Å². The molecule has 12 heteroatoms. The van der Waals surface area contributed by atoms with Crippen LogP contribution < -0.4 is 10.5 Å². The second kappa shape index (κ2) is 8.14. The molecule has 0 fully saturated rings. The number of ether oxygens (including phenoxy) is 1. The molecule has 0 saturated heterocycles. The van der Waals surface area contributed by atoms with Crippen molar-refractivity contribution in [3.63, 3.8) is 0 Å². The van der Waals surface area contributed by atoms with E-state index in [9.17, 15) is 16.8 Å². The van der Waals surface area contributed by atoms with Crippen LogP contribution in [0.3, 0.4) is 0 Å². The maximum Gasteiger partial charge on any atom is 0.271 e. The molecule has 0 bridgehead atoms. The highest BCUT2D eigenvalue weighted by Crippen LogP contribution is 2.32. The smallest absolute Gasteiger partial charge is 0.271 e. The summed E-state index contributed by atoms with van der Waals surface area (Å²) in [5.41, 5.74) is 7.57. The van der Waals surface area contributed by atoms with E-state index < -0.39 is 20.0 Å². The van der Waals surface area contributed by atoms with Gasteiger partial charge in [0.05, 0.1) is 23.0 Å². The van der Waals surface area contributed by atoms with E-state index in [1.807, 2.05) is 0 Å². The molecule has 0 atom stereocenters. The molecule has 0 spiro atoms. The largest absolute Gasteiger partial charge is 0.480 e. The first kappa shape index (κ1) is 22.7. The van der Waals surface area contributed by atoms with Crippen molar-refractivity contribution in [2.45, 2.75) is 9.79 Å². The van der Waals surface area contributed by atoms with Crippen molar-refractivity contribution >= 4 is 37.0 Å². The van der Waals surface area contributed by atoms with Crippen molar-refractivity contribution < 1.29 is 21.6 Å². The number of anilines is 1. The van der Waals surface area contributed by atoms with Crippen LogP contribution in [-0.2, 0) is 20.0 Å². The van der Waals surface area contributed by atoms with Crippen LogP contribution in [0.5, 0.6) is 5.88 Å². The molecule has 0 amide bonds. The highest BCUT2D eigenvalue weighted by molar-refractivity contribution is 7.90. The van der Waals surface area contributed by atoms with Crippen molar-refractivity contribution in [2.75, 3.05) is 26.9 Å². The third-order valence-electron chi connectivity index (χ3n) is 5.02. The van der Waals surface area contributed by atoms with Crippen LogP contribution in [0.15, 0.2) is 70.6 Å². The molecule has 4 rings (SSSR count). The molecule has 2 N–H and O–H groups in total. The zero-order valence-corrected chi connectivity index (χ0v) is 19.6. The Labute approximate surface area is 191 Å². The number of rotatable bonds is 6. The van der Waals surface area contributed by atoms with Gasteiger partial charge in [0.1, 0.15) is 4.90 Å². The molecule has 0 aliphatic rings. The van der Waals surface area contributed by atoms with E-state index in [2.05, 4.69) is 9.97 Å². The highest BCUT2D eigenvalue weighted by Gasteiger charge is 2.26. The van der Waals surface area contributed by atoms with Crippen LogP contribution in [0, 0.1) is 0 Å². The monoisotopic (exact) mass is 487 g/mol. The van der Waals surface area contributed by atoms with E-state index in [4.69, 9.17) is 10.5 Å². The zero-order valence-electron chi connectivity index (χ0n) is 18.0. The third-order valence-corrected chi connectivity index (χ3v) is 8.56. The van der Waals surface area contributed by atoms with Gasteiger partial charge >= 0.3 is 0 Å². The standard InChI is InChI=1S/C21H21N5O5S2/c1-25(2)33(29,30)19-12-15(13-23-20(19)31-3)14-9-10-17-18(11-14)26(21(22)24-17)32(27,28)16-7-5-4-6-8-16/h4-13H,1-3H3,(H2,22,24). The molecule has 10 nitrogen and oxygen atoms in total. The van der Waals surface area contributed by atoms with Gasteiger partial charge in [-0.3, -0.25) is 0 Å². The summed E-state index contributed by atoms with van der Waals surface area (Å²) in [6, 6.07) is 14.2. The Balaban J connectivity index is 1.93. The van der Waals surface area contributed by atoms with Crippen LogP contribution in [0.25, 0.3) is 22.2 Å². The van der Waals surface area contributed by atoms with Gasteiger partial charge in [-0.1, -0.05) is 24.3 Å². The lowest BCUT2D eigenvalue weighted by Gasteiger charge is -2.15. The van der Waals surface area contributed by atoms with Gasteiger partial charge in [-0.2, -0.15) is 0 Å². The van der Waals surface area contributed by atoms with Gasteiger partial charge in [0.25, 0.3) is 10.0 Å². The molecule has 0 unspecified atom stereocenters. The lowest BCUT2D eigenvalue weighted by atomic mass is 10.1. The molecular formula is C21H21N5O5S2. The Morgan fingerprint density at radius 1 is 0.970 bits per heavy atom. The lowest BCUT2D eigenvalue weighted by Crippen LogP contribution is -2.23. The van der Waals surface area contributed by atoms with E-state index in [0.29, 0.717) is 16.6 Å². The molecular weight excluding hydrogens is 466 g/mol. The number of pyridine rings is 1. The molecule has 2 aromatic carbocycles. The molecule has 4 aromatic rings. The summed E-state index contributed by atoms with van der Waals surface area (Å²) in [5.74, 6) is -0.232. The van der Waals surface area contributed by atoms with Crippen molar-refractivity contribution in [3.8, 4) is 17.0 Å². The normalized spacial score (nSPS) is 12.4. The number of methoxy groups -OCH3 is 1. The number of benzene rings is 2. The number of fused-ring (bicyclic) bond motifs is 1. The molecule has 33 heavy (non-hydrogen) atoms. The minimum Gasteiger partial charge on any atom is -0.480 e. The average molecular weight is 488 g/mol. The Morgan fingerprint density at radius 3 is 2.30 bits per heavy atom. The van der Waals surface area contributed by atoms with Gasteiger partial charge in [-0.05, 0) is 35.9 Å². The van der Waals surface area contributed by atoms with Crippen LogP contribution >= 0.6 is 0 Å². The zero-order chi connectivity index (χ0) is 24.0. The quantitative estimate of drug-likeness (QED) is 0.437. The minimum absolute atomic E-state index is 0.0468. The average Bonchev–Trinajstić information content (AvgIpc) is 3.14. The molecule has 0 aliphatic carbocycles. The van der Waals surface area contributed by atoms with E-state index in [1.54, 1.807) is 36.4 Å². The number of hydrogen-bond acceptors (Lipinski definition) is 8. The first-order valence-corrected chi connectivity index (χ1v) is 12.5. The number of nitrogen functional groups attached to an aromatic ring is 1. The van der Waals surface area contributed by atoms with Crippen LogP contribution in [-0.4, -0.2) is 56.3 Å². The summed E-state index contributed by atoms with van der Waals surface area (Å²) in [6.45, 7) is 0. The topological polar surface area (TPSA) is 137 Å². The maximum absolute atomic E-state index is 13.3. The predicted octanol–water partition coefficient (Wildman–Crippen LogP) is 2.18. The summed E-state index contributed by atoms with van der Waals surface area (Å²) >= 11 is 0. The summed E-state index contributed by atoms with van der Waals surface area (Å²) in [7, 11) is -3.71. The van der Waals surface area contributed by atoms with Crippen LogP contribution in [0.1, 0.15) is 0 Å². The first-order chi connectivity index (χ1) is 15.6.